The maximum Gasteiger partial charge on any atom is 0.269 e. The van der Waals surface area contributed by atoms with Gasteiger partial charge in [-0.05, 0) is 18.1 Å². The smallest absolute Gasteiger partial charge is 0.269 e. The van der Waals surface area contributed by atoms with Crippen LogP contribution in [0.2, 0.25) is 0 Å². The predicted octanol–water partition coefficient (Wildman–Crippen LogP) is 3.22. The summed E-state index contributed by atoms with van der Waals surface area (Å²) >= 11 is 0. The van der Waals surface area contributed by atoms with Crippen LogP contribution in [0.4, 0.5) is 11.5 Å². The zero-order chi connectivity index (χ0) is 14.7. The highest BCUT2D eigenvalue weighted by atomic mass is 16.6. The van der Waals surface area contributed by atoms with E-state index in [1.54, 1.807) is 19.2 Å². The van der Waals surface area contributed by atoms with E-state index < -0.39 is 4.92 Å². The number of nitrogens with zero attached hydrogens (tertiary/aromatic N) is 3. The summed E-state index contributed by atoms with van der Waals surface area (Å²) in [5.41, 5.74) is 1.75. The molecule has 0 bridgehead atoms. The normalized spacial score (nSPS) is 10.6. The average Bonchev–Trinajstić information content (AvgIpc) is 2.46. The number of non-ortho nitro benzene ring substituents is 1. The van der Waals surface area contributed by atoms with Gasteiger partial charge in [-0.1, -0.05) is 13.8 Å². The van der Waals surface area contributed by atoms with Crippen molar-refractivity contribution in [2.24, 2.45) is 0 Å². The lowest BCUT2D eigenvalue weighted by Crippen LogP contribution is -2.02. The van der Waals surface area contributed by atoms with Crippen LogP contribution in [0.15, 0.2) is 30.3 Å². The molecule has 1 N–H and O–H groups in total. The van der Waals surface area contributed by atoms with E-state index in [2.05, 4.69) is 29.1 Å². The SMILES string of the molecule is CNc1cc(C(C)C)nc(-c2ccc([N+](=O)[O-])cc2)n1. The number of nitro groups is 1. The molecule has 0 aliphatic carbocycles. The maximum atomic E-state index is 10.7. The van der Waals surface area contributed by atoms with E-state index in [0.717, 1.165) is 17.1 Å². The fourth-order valence-corrected chi connectivity index (χ4v) is 1.75. The van der Waals surface area contributed by atoms with E-state index >= 15 is 0 Å². The topological polar surface area (TPSA) is 81.0 Å². The van der Waals surface area contributed by atoms with Gasteiger partial charge in [-0.2, -0.15) is 0 Å². The Morgan fingerprint density at radius 2 is 1.85 bits per heavy atom. The van der Waals surface area contributed by atoms with Crippen LogP contribution in [0.3, 0.4) is 0 Å². The van der Waals surface area contributed by atoms with Gasteiger partial charge in [0, 0.05) is 36.5 Å². The Kier molecular flexibility index (Phi) is 3.93. The summed E-state index contributed by atoms with van der Waals surface area (Å²) < 4.78 is 0. The lowest BCUT2D eigenvalue weighted by Gasteiger charge is -2.10. The second-order valence-electron chi connectivity index (χ2n) is 4.71. The fraction of sp³-hybridized carbons (Fsp3) is 0.286. The molecular weight excluding hydrogens is 256 g/mol. The summed E-state index contributed by atoms with van der Waals surface area (Å²) in [5.74, 6) is 1.58. The van der Waals surface area contributed by atoms with Crippen molar-refractivity contribution in [3.05, 3.63) is 46.1 Å². The van der Waals surface area contributed by atoms with Crippen molar-refractivity contribution in [3.63, 3.8) is 0 Å². The Bertz CT molecular complexity index is 624. The van der Waals surface area contributed by atoms with Crippen LogP contribution in [0.5, 0.6) is 0 Å². The monoisotopic (exact) mass is 272 g/mol. The molecule has 2 aromatic rings. The molecule has 6 heteroatoms. The van der Waals surface area contributed by atoms with Gasteiger partial charge in [-0.3, -0.25) is 10.1 Å². The minimum atomic E-state index is -0.422. The number of rotatable bonds is 4. The predicted molar refractivity (Wildman–Crippen MR) is 77.8 cm³/mol. The molecule has 0 aliphatic rings. The Balaban J connectivity index is 2.45. The summed E-state index contributed by atoms with van der Waals surface area (Å²) in [6, 6.07) is 8.15. The molecule has 0 amide bonds. The van der Waals surface area contributed by atoms with E-state index in [1.807, 2.05) is 6.07 Å². The Labute approximate surface area is 117 Å². The molecule has 0 unspecified atom stereocenters. The molecule has 1 aromatic carbocycles. The van der Waals surface area contributed by atoms with Crippen molar-refractivity contribution >= 4 is 11.5 Å². The quantitative estimate of drug-likeness (QED) is 0.682. The Hall–Kier alpha value is -2.50. The van der Waals surface area contributed by atoms with Gasteiger partial charge in [-0.15, -0.1) is 0 Å². The molecule has 6 nitrogen and oxygen atoms in total. The summed E-state index contributed by atoms with van der Waals surface area (Å²) in [4.78, 5) is 19.1. The molecule has 0 atom stereocenters. The molecule has 0 aliphatic heterocycles. The fourth-order valence-electron chi connectivity index (χ4n) is 1.75. The number of hydrogen-bond acceptors (Lipinski definition) is 5. The number of nitro benzene ring substituents is 1. The molecule has 0 saturated carbocycles. The van der Waals surface area contributed by atoms with Gasteiger partial charge in [-0.25, -0.2) is 9.97 Å². The van der Waals surface area contributed by atoms with Gasteiger partial charge in [0.1, 0.15) is 5.82 Å². The largest absolute Gasteiger partial charge is 0.373 e. The first-order chi connectivity index (χ1) is 9.51. The molecule has 0 fully saturated rings. The average molecular weight is 272 g/mol. The van der Waals surface area contributed by atoms with Crippen LogP contribution in [-0.2, 0) is 0 Å². The van der Waals surface area contributed by atoms with Crippen LogP contribution in [0.25, 0.3) is 11.4 Å². The van der Waals surface area contributed by atoms with Gasteiger partial charge in [0.15, 0.2) is 5.82 Å². The van der Waals surface area contributed by atoms with Crippen molar-refractivity contribution in [2.45, 2.75) is 19.8 Å². The van der Waals surface area contributed by atoms with Crippen LogP contribution in [0, 0.1) is 10.1 Å². The van der Waals surface area contributed by atoms with E-state index in [0.29, 0.717) is 5.82 Å². The number of hydrogen-bond donors (Lipinski definition) is 1. The van der Waals surface area contributed by atoms with Crippen LogP contribution >= 0.6 is 0 Å². The van der Waals surface area contributed by atoms with Crippen LogP contribution < -0.4 is 5.32 Å². The van der Waals surface area contributed by atoms with E-state index in [4.69, 9.17) is 0 Å². The first-order valence-electron chi connectivity index (χ1n) is 6.33. The molecule has 104 valence electrons. The number of nitrogens with one attached hydrogen (secondary N) is 1. The summed E-state index contributed by atoms with van der Waals surface area (Å²) in [6.45, 7) is 4.11. The first kappa shape index (κ1) is 13.9. The van der Waals surface area contributed by atoms with Crippen molar-refractivity contribution in [3.8, 4) is 11.4 Å². The molecule has 1 heterocycles. The second-order valence-corrected chi connectivity index (χ2v) is 4.71. The highest BCUT2D eigenvalue weighted by Crippen LogP contribution is 2.23. The van der Waals surface area contributed by atoms with Gasteiger partial charge in [0.25, 0.3) is 5.69 Å². The molecule has 0 radical (unpaired) electrons. The van der Waals surface area contributed by atoms with Gasteiger partial charge in [0.2, 0.25) is 0 Å². The van der Waals surface area contributed by atoms with Crippen LogP contribution in [-0.4, -0.2) is 21.9 Å². The summed E-state index contributed by atoms with van der Waals surface area (Å²) in [6.07, 6.45) is 0. The highest BCUT2D eigenvalue weighted by molar-refractivity contribution is 5.59. The third kappa shape index (κ3) is 2.90. The molecule has 2 rings (SSSR count). The summed E-state index contributed by atoms with van der Waals surface area (Å²) in [7, 11) is 1.80. The van der Waals surface area contributed by atoms with E-state index in [-0.39, 0.29) is 11.6 Å². The number of aromatic nitrogens is 2. The first-order valence-corrected chi connectivity index (χ1v) is 6.33. The Morgan fingerprint density at radius 1 is 1.20 bits per heavy atom. The summed E-state index contributed by atoms with van der Waals surface area (Å²) in [5, 5.41) is 13.7. The molecule has 1 aromatic heterocycles. The lowest BCUT2D eigenvalue weighted by molar-refractivity contribution is -0.384. The van der Waals surface area contributed by atoms with Crippen LogP contribution in [0.1, 0.15) is 25.5 Å². The minimum Gasteiger partial charge on any atom is -0.373 e. The standard InChI is InChI=1S/C14H16N4O2/c1-9(2)12-8-13(15-3)17-14(16-12)10-4-6-11(7-5-10)18(19)20/h4-9H,1-3H3,(H,15,16,17). The van der Waals surface area contributed by atoms with Crippen molar-refractivity contribution in [1.29, 1.82) is 0 Å². The van der Waals surface area contributed by atoms with Crippen molar-refractivity contribution in [1.82, 2.24) is 9.97 Å². The lowest BCUT2D eigenvalue weighted by atomic mass is 10.1. The van der Waals surface area contributed by atoms with E-state index in [1.165, 1.54) is 12.1 Å². The highest BCUT2D eigenvalue weighted by Gasteiger charge is 2.10. The van der Waals surface area contributed by atoms with E-state index in [9.17, 15) is 10.1 Å². The van der Waals surface area contributed by atoms with Crippen molar-refractivity contribution in [2.75, 3.05) is 12.4 Å². The third-order valence-corrected chi connectivity index (χ3v) is 2.93. The van der Waals surface area contributed by atoms with Gasteiger partial charge in [0.05, 0.1) is 4.92 Å². The molecular formula is C14H16N4O2. The van der Waals surface area contributed by atoms with Gasteiger partial charge < -0.3 is 5.32 Å². The molecule has 0 saturated heterocycles. The zero-order valence-electron chi connectivity index (χ0n) is 11.6. The van der Waals surface area contributed by atoms with Crippen molar-refractivity contribution < 1.29 is 4.92 Å². The minimum absolute atomic E-state index is 0.0580. The number of anilines is 1. The van der Waals surface area contributed by atoms with Gasteiger partial charge >= 0.3 is 0 Å². The zero-order valence-corrected chi connectivity index (χ0v) is 11.6. The Morgan fingerprint density at radius 3 is 2.35 bits per heavy atom. The maximum absolute atomic E-state index is 10.7. The third-order valence-electron chi connectivity index (χ3n) is 2.93. The number of benzene rings is 1. The molecule has 20 heavy (non-hydrogen) atoms. The molecule has 0 spiro atoms. The second kappa shape index (κ2) is 5.64.